The first kappa shape index (κ1) is 13.8. The van der Waals surface area contributed by atoms with E-state index < -0.39 is 0 Å². The third kappa shape index (κ3) is 2.82. The molecule has 3 rings (SSSR count). The zero-order chi connectivity index (χ0) is 14.8. The van der Waals surface area contributed by atoms with Gasteiger partial charge < -0.3 is 4.90 Å². The Balaban J connectivity index is 1.85. The Labute approximate surface area is 124 Å². The van der Waals surface area contributed by atoms with Crippen molar-refractivity contribution >= 4 is 11.5 Å². The zero-order valence-corrected chi connectivity index (χ0v) is 12.1. The molecule has 0 aromatic heterocycles. The normalized spacial score (nSPS) is 18.0. The van der Waals surface area contributed by atoms with Crippen molar-refractivity contribution < 1.29 is 9.18 Å². The lowest BCUT2D eigenvalue weighted by Crippen LogP contribution is -2.21. The zero-order valence-electron chi connectivity index (χ0n) is 12.1. The average Bonchev–Trinajstić information content (AvgIpc) is 2.97. The van der Waals surface area contributed by atoms with Crippen LogP contribution in [0.2, 0.25) is 0 Å². The number of anilines is 1. The molecule has 0 amide bonds. The molecule has 1 aliphatic rings. The average molecular weight is 283 g/mol. The smallest absolute Gasteiger partial charge is 0.161 e. The number of hydrogen-bond acceptors (Lipinski definition) is 2. The summed E-state index contributed by atoms with van der Waals surface area (Å²) in [5.41, 5.74) is 2.65. The monoisotopic (exact) mass is 283 g/mol. The Kier molecular flexibility index (Phi) is 3.74. The highest BCUT2D eigenvalue weighted by molar-refractivity contribution is 5.99. The van der Waals surface area contributed by atoms with Gasteiger partial charge in [-0.15, -0.1) is 0 Å². The summed E-state index contributed by atoms with van der Waals surface area (Å²) in [7, 11) is 0. The fourth-order valence-electron chi connectivity index (χ4n) is 3.04. The molecular weight excluding hydrogens is 265 g/mol. The molecule has 3 heteroatoms. The van der Waals surface area contributed by atoms with Crippen molar-refractivity contribution in [3.05, 3.63) is 65.5 Å². The molecular formula is C18H18FNO. The van der Waals surface area contributed by atoms with Gasteiger partial charge in [-0.2, -0.15) is 0 Å². The van der Waals surface area contributed by atoms with Gasteiger partial charge in [0.05, 0.1) is 0 Å². The topological polar surface area (TPSA) is 20.3 Å². The molecule has 2 nitrogen and oxygen atoms in total. The molecule has 1 heterocycles. The SMILES string of the molecule is CC(=O)c1cc(F)ccc1N1CCC(c2ccccc2)C1. The van der Waals surface area contributed by atoms with Gasteiger partial charge in [0.25, 0.3) is 0 Å². The lowest BCUT2D eigenvalue weighted by atomic mass is 9.99. The fourth-order valence-corrected chi connectivity index (χ4v) is 3.04. The van der Waals surface area contributed by atoms with Gasteiger partial charge in [0.1, 0.15) is 5.82 Å². The van der Waals surface area contributed by atoms with Gasteiger partial charge in [-0.05, 0) is 37.1 Å². The van der Waals surface area contributed by atoms with Crippen LogP contribution in [0.25, 0.3) is 0 Å². The second-order valence-corrected chi connectivity index (χ2v) is 5.56. The highest BCUT2D eigenvalue weighted by atomic mass is 19.1. The molecule has 0 aliphatic carbocycles. The predicted molar refractivity (Wildman–Crippen MR) is 82.4 cm³/mol. The highest BCUT2D eigenvalue weighted by Crippen LogP contribution is 2.32. The van der Waals surface area contributed by atoms with Crippen LogP contribution in [0.3, 0.4) is 0 Å². The van der Waals surface area contributed by atoms with Crippen LogP contribution in [0, 0.1) is 5.82 Å². The van der Waals surface area contributed by atoms with Crippen LogP contribution in [0.4, 0.5) is 10.1 Å². The summed E-state index contributed by atoms with van der Waals surface area (Å²) in [6.07, 6.45) is 1.05. The number of rotatable bonds is 3. The fraction of sp³-hybridized carbons (Fsp3) is 0.278. The molecule has 1 aliphatic heterocycles. The first-order chi connectivity index (χ1) is 10.1. The van der Waals surface area contributed by atoms with Gasteiger partial charge in [0.2, 0.25) is 0 Å². The number of benzene rings is 2. The minimum atomic E-state index is -0.359. The second kappa shape index (κ2) is 5.68. The summed E-state index contributed by atoms with van der Waals surface area (Å²) in [5.74, 6) is 0.0199. The Morgan fingerprint density at radius 2 is 1.95 bits per heavy atom. The largest absolute Gasteiger partial charge is 0.370 e. The number of carbonyl (C=O) groups is 1. The van der Waals surface area contributed by atoms with Crippen molar-refractivity contribution in [1.29, 1.82) is 0 Å². The molecule has 0 saturated carbocycles. The Morgan fingerprint density at radius 3 is 2.67 bits per heavy atom. The van der Waals surface area contributed by atoms with Crippen LogP contribution < -0.4 is 4.90 Å². The number of nitrogens with zero attached hydrogens (tertiary/aromatic N) is 1. The van der Waals surface area contributed by atoms with E-state index in [-0.39, 0.29) is 11.6 Å². The lowest BCUT2D eigenvalue weighted by Gasteiger charge is -2.21. The van der Waals surface area contributed by atoms with E-state index in [4.69, 9.17) is 0 Å². The second-order valence-electron chi connectivity index (χ2n) is 5.56. The van der Waals surface area contributed by atoms with Gasteiger partial charge in [-0.25, -0.2) is 4.39 Å². The van der Waals surface area contributed by atoms with Gasteiger partial charge in [-0.3, -0.25) is 4.79 Å². The highest BCUT2D eigenvalue weighted by Gasteiger charge is 2.26. The van der Waals surface area contributed by atoms with Crippen molar-refractivity contribution in [2.45, 2.75) is 19.3 Å². The van der Waals surface area contributed by atoms with E-state index in [1.807, 2.05) is 6.07 Å². The van der Waals surface area contributed by atoms with Crippen LogP contribution in [0.1, 0.15) is 35.2 Å². The number of halogens is 1. The minimum Gasteiger partial charge on any atom is -0.370 e. The van der Waals surface area contributed by atoms with Crippen LogP contribution in [0.5, 0.6) is 0 Å². The summed E-state index contributed by atoms with van der Waals surface area (Å²) in [6, 6.07) is 14.9. The van der Waals surface area contributed by atoms with E-state index in [9.17, 15) is 9.18 Å². The van der Waals surface area contributed by atoms with Crippen molar-refractivity contribution in [3.8, 4) is 0 Å². The number of carbonyl (C=O) groups excluding carboxylic acids is 1. The first-order valence-corrected chi connectivity index (χ1v) is 7.25. The number of ketones is 1. The third-order valence-electron chi connectivity index (χ3n) is 4.14. The first-order valence-electron chi connectivity index (χ1n) is 7.25. The number of Topliss-reactive ketones (excluding diaryl/α,β-unsaturated/α-hetero) is 1. The minimum absolute atomic E-state index is 0.0901. The van der Waals surface area contributed by atoms with Crippen molar-refractivity contribution in [2.75, 3.05) is 18.0 Å². The maximum atomic E-state index is 13.4. The molecule has 1 fully saturated rings. The molecule has 108 valence electrons. The Bertz CT molecular complexity index is 654. The van der Waals surface area contributed by atoms with E-state index in [0.29, 0.717) is 11.5 Å². The van der Waals surface area contributed by atoms with E-state index in [2.05, 4.69) is 29.2 Å². The van der Waals surface area contributed by atoms with Gasteiger partial charge >= 0.3 is 0 Å². The predicted octanol–water partition coefficient (Wildman–Crippen LogP) is 4.02. The van der Waals surface area contributed by atoms with E-state index in [1.165, 1.54) is 24.6 Å². The molecule has 0 N–H and O–H groups in total. The van der Waals surface area contributed by atoms with Crippen LogP contribution in [0.15, 0.2) is 48.5 Å². The Hall–Kier alpha value is -2.16. The van der Waals surface area contributed by atoms with Crippen LogP contribution in [-0.2, 0) is 0 Å². The molecule has 1 unspecified atom stereocenters. The van der Waals surface area contributed by atoms with Gasteiger partial charge in [0.15, 0.2) is 5.78 Å². The summed E-state index contributed by atoms with van der Waals surface area (Å²) < 4.78 is 13.4. The van der Waals surface area contributed by atoms with Crippen molar-refractivity contribution in [3.63, 3.8) is 0 Å². The van der Waals surface area contributed by atoms with Crippen molar-refractivity contribution in [1.82, 2.24) is 0 Å². The van der Waals surface area contributed by atoms with E-state index in [0.717, 1.165) is 25.2 Å². The molecule has 21 heavy (non-hydrogen) atoms. The van der Waals surface area contributed by atoms with Crippen LogP contribution >= 0.6 is 0 Å². The summed E-state index contributed by atoms with van der Waals surface area (Å²) in [6.45, 7) is 3.25. The standard InChI is InChI=1S/C18H18FNO/c1-13(21)17-11-16(19)7-8-18(17)20-10-9-15(12-20)14-5-3-2-4-6-14/h2-8,11,15H,9-10,12H2,1H3. The molecule has 2 aromatic carbocycles. The molecule has 1 saturated heterocycles. The molecule has 0 bridgehead atoms. The molecule has 0 spiro atoms. The number of hydrogen-bond donors (Lipinski definition) is 0. The summed E-state index contributed by atoms with van der Waals surface area (Å²) in [5, 5.41) is 0. The molecule has 0 radical (unpaired) electrons. The van der Waals surface area contributed by atoms with E-state index >= 15 is 0 Å². The maximum Gasteiger partial charge on any atom is 0.161 e. The van der Waals surface area contributed by atoms with Crippen molar-refractivity contribution in [2.24, 2.45) is 0 Å². The summed E-state index contributed by atoms with van der Waals surface area (Å²) in [4.78, 5) is 13.9. The van der Waals surface area contributed by atoms with E-state index in [1.54, 1.807) is 6.07 Å². The summed E-state index contributed by atoms with van der Waals surface area (Å²) >= 11 is 0. The van der Waals surface area contributed by atoms with Gasteiger partial charge in [-0.1, -0.05) is 30.3 Å². The maximum absolute atomic E-state index is 13.4. The quantitative estimate of drug-likeness (QED) is 0.793. The molecule has 1 atom stereocenters. The third-order valence-corrected chi connectivity index (χ3v) is 4.14. The van der Waals surface area contributed by atoms with Crippen LogP contribution in [-0.4, -0.2) is 18.9 Å². The Morgan fingerprint density at radius 1 is 1.19 bits per heavy atom. The lowest BCUT2D eigenvalue weighted by molar-refractivity contribution is 0.101. The molecule has 2 aromatic rings. The van der Waals surface area contributed by atoms with Gasteiger partial charge in [0, 0.05) is 30.3 Å².